The van der Waals surface area contributed by atoms with E-state index in [-0.39, 0.29) is 24.3 Å². The molecule has 0 radical (unpaired) electrons. The number of carbonyl (C=O) groups excluding carboxylic acids is 2. The van der Waals surface area contributed by atoms with E-state index in [1.54, 1.807) is 36.7 Å². The molecular weight excluding hydrogens is 280 g/mol. The maximum absolute atomic E-state index is 11.9. The molecule has 0 saturated carbocycles. The second-order valence-corrected chi connectivity index (χ2v) is 4.94. The van der Waals surface area contributed by atoms with Crippen LogP contribution in [0.5, 0.6) is 5.75 Å². The predicted octanol–water partition coefficient (Wildman–Crippen LogP) is 2.54. The minimum atomic E-state index is -0.224. The summed E-state index contributed by atoms with van der Waals surface area (Å²) in [5, 5.41) is 2.85. The van der Waals surface area contributed by atoms with Gasteiger partial charge in [-0.15, -0.1) is 0 Å². The number of Topliss-reactive ketones (excluding diaryl/α,β-unsaturated/α-hetero) is 1. The number of nitrogens with zero attached hydrogens (tertiary/aromatic N) is 1. The first-order valence-corrected chi connectivity index (χ1v) is 6.99. The normalized spacial score (nSPS) is 11.5. The Morgan fingerprint density at radius 3 is 2.64 bits per heavy atom. The first-order chi connectivity index (χ1) is 10.6. The molecule has 0 fully saturated rings. The van der Waals surface area contributed by atoms with Gasteiger partial charge in [-0.05, 0) is 43.7 Å². The Bertz CT molecular complexity index is 656. The number of hydrogen-bond donors (Lipinski definition) is 1. The maximum atomic E-state index is 11.9. The fraction of sp³-hybridized carbons (Fsp3) is 0.235. The van der Waals surface area contributed by atoms with Crippen molar-refractivity contribution in [2.75, 3.05) is 6.61 Å². The lowest BCUT2D eigenvalue weighted by Gasteiger charge is -2.14. The molecule has 0 spiro atoms. The number of pyridine rings is 1. The summed E-state index contributed by atoms with van der Waals surface area (Å²) in [6, 6.07) is 10.4. The number of amides is 1. The van der Waals surface area contributed by atoms with Gasteiger partial charge in [-0.2, -0.15) is 0 Å². The molecule has 0 aliphatic carbocycles. The number of nitrogens with one attached hydrogen (secondary N) is 1. The van der Waals surface area contributed by atoms with Gasteiger partial charge in [0.25, 0.3) is 5.91 Å². The highest BCUT2D eigenvalue weighted by Gasteiger charge is 2.10. The maximum Gasteiger partial charge on any atom is 0.258 e. The zero-order chi connectivity index (χ0) is 15.9. The van der Waals surface area contributed by atoms with Crippen molar-refractivity contribution in [1.29, 1.82) is 0 Å². The van der Waals surface area contributed by atoms with Gasteiger partial charge in [0.15, 0.2) is 12.4 Å². The number of ketones is 1. The van der Waals surface area contributed by atoms with Gasteiger partial charge in [-0.1, -0.05) is 12.1 Å². The molecule has 1 aromatic carbocycles. The first-order valence-electron chi connectivity index (χ1n) is 6.99. The molecule has 0 saturated heterocycles. The predicted molar refractivity (Wildman–Crippen MR) is 82.7 cm³/mol. The van der Waals surface area contributed by atoms with Gasteiger partial charge in [-0.3, -0.25) is 14.6 Å². The van der Waals surface area contributed by atoms with E-state index in [0.717, 1.165) is 5.56 Å². The second kappa shape index (κ2) is 7.36. The molecule has 1 heterocycles. The van der Waals surface area contributed by atoms with Crippen molar-refractivity contribution < 1.29 is 14.3 Å². The highest BCUT2D eigenvalue weighted by atomic mass is 16.5. The van der Waals surface area contributed by atoms with E-state index < -0.39 is 0 Å². The number of carbonyl (C=O) groups is 2. The molecule has 0 aliphatic heterocycles. The molecule has 5 heteroatoms. The fourth-order valence-electron chi connectivity index (χ4n) is 1.97. The standard InChI is InChI=1S/C17H18N2O3/c1-12(14-6-8-18-9-7-14)19-17(21)11-22-16-5-3-4-15(10-16)13(2)20/h3-10,12H,11H2,1-2H3,(H,19,21). The molecule has 1 unspecified atom stereocenters. The fourth-order valence-corrected chi connectivity index (χ4v) is 1.97. The monoisotopic (exact) mass is 298 g/mol. The summed E-state index contributed by atoms with van der Waals surface area (Å²) in [4.78, 5) is 27.1. The molecule has 0 aliphatic rings. The van der Waals surface area contributed by atoms with E-state index in [1.807, 2.05) is 19.1 Å². The van der Waals surface area contributed by atoms with Crippen LogP contribution in [0.4, 0.5) is 0 Å². The van der Waals surface area contributed by atoms with E-state index in [9.17, 15) is 9.59 Å². The van der Waals surface area contributed by atoms with E-state index in [0.29, 0.717) is 11.3 Å². The summed E-state index contributed by atoms with van der Waals surface area (Å²) in [6.45, 7) is 3.28. The van der Waals surface area contributed by atoms with E-state index in [4.69, 9.17) is 4.74 Å². The molecule has 1 N–H and O–H groups in total. The smallest absolute Gasteiger partial charge is 0.258 e. The van der Waals surface area contributed by atoms with Crippen molar-refractivity contribution in [3.8, 4) is 5.75 Å². The molecule has 1 aromatic heterocycles. The molecule has 1 atom stereocenters. The van der Waals surface area contributed by atoms with E-state index in [1.165, 1.54) is 6.92 Å². The van der Waals surface area contributed by atoms with Gasteiger partial charge in [0.1, 0.15) is 5.75 Å². The molecule has 114 valence electrons. The van der Waals surface area contributed by atoms with Crippen LogP contribution in [-0.2, 0) is 4.79 Å². The van der Waals surface area contributed by atoms with Gasteiger partial charge in [0.2, 0.25) is 0 Å². The summed E-state index contributed by atoms with van der Waals surface area (Å²) < 4.78 is 5.42. The Morgan fingerprint density at radius 1 is 1.23 bits per heavy atom. The molecule has 0 bridgehead atoms. The molecule has 2 rings (SSSR count). The van der Waals surface area contributed by atoms with Crippen LogP contribution < -0.4 is 10.1 Å². The second-order valence-electron chi connectivity index (χ2n) is 4.94. The van der Waals surface area contributed by atoms with Crippen LogP contribution in [0.1, 0.15) is 35.8 Å². The Kier molecular flexibility index (Phi) is 5.25. The van der Waals surface area contributed by atoms with Crippen molar-refractivity contribution >= 4 is 11.7 Å². The average Bonchev–Trinajstić information content (AvgIpc) is 2.54. The minimum absolute atomic E-state index is 0.0405. The third kappa shape index (κ3) is 4.41. The summed E-state index contributed by atoms with van der Waals surface area (Å²) in [5.74, 6) is 0.234. The third-order valence-electron chi connectivity index (χ3n) is 3.19. The van der Waals surface area contributed by atoms with Crippen molar-refractivity contribution in [2.24, 2.45) is 0 Å². The number of benzene rings is 1. The Morgan fingerprint density at radius 2 is 1.95 bits per heavy atom. The van der Waals surface area contributed by atoms with Crippen LogP contribution in [-0.4, -0.2) is 23.3 Å². The van der Waals surface area contributed by atoms with Crippen LogP contribution in [0.2, 0.25) is 0 Å². The topological polar surface area (TPSA) is 68.3 Å². The lowest BCUT2D eigenvalue weighted by Crippen LogP contribution is -2.31. The van der Waals surface area contributed by atoms with Gasteiger partial charge < -0.3 is 10.1 Å². The van der Waals surface area contributed by atoms with Gasteiger partial charge >= 0.3 is 0 Å². The Labute approximate surface area is 129 Å². The Balaban J connectivity index is 1.88. The summed E-state index contributed by atoms with van der Waals surface area (Å²) in [7, 11) is 0. The van der Waals surface area contributed by atoms with Crippen LogP contribution in [0.3, 0.4) is 0 Å². The quantitative estimate of drug-likeness (QED) is 0.832. The van der Waals surface area contributed by atoms with Gasteiger partial charge in [0, 0.05) is 18.0 Å². The van der Waals surface area contributed by atoms with Crippen molar-refractivity contribution in [3.63, 3.8) is 0 Å². The van der Waals surface area contributed by atoms with E-state index >= 15 is 0 Å². The highest BCUT2D eigenvalue weighted by molar-refractivity contribution is 5.94. The molecule has 1 amide bonds. The zero-order valence-corrected chi connectivity index (χ0v) is 12.6. The van der Waals surface area contributed by atoms with Crippen molar-refractivity contribution in [3.05, 3.63) is 59.9 Å². The van der Waals surface area contributed by atoms with E-state index in [2.05, 4.69) is 10.3 Å². The van der Waals surface area contributed by atoms with Crippen LogP contribution in [0.25, 0.3) is 0 Å². The van der Waals surface area contributed by atoms with Crippen molar-refractivity contribution in [1.82, 2.24) is 10.3 Å². The summed E-state index contributed by atoms with van der Waals surface area (Å²) in [5.41, 5.74) is 1.53. The number of rotatable bonds is 6. The van der Waals surface area contributed by atoms with Crippen molar-refractivity contribution in [2.45, 2.75) is 19.9 Å². The largest absolute Gasteiger partial charge is 0.484 e. The van der Waals surface area contributed by atoms with Gasteiger partial charge in [-0.25, -0.2) is 0 Å². The molecular formula is C17H18N2O3. The first kappa shape index (κ1) is 15.7. The molecule has 22 heavy (non-hydrogen) atoms. The minimum Gasteiger partial charge on any atom is -0.484 e. The Hall–Kier alpha value is -2.69. The lowest BCUT2D eigenvalue weighted by molar-refractivity contribution is -0.123. The molecule has 2 aromatic rings. The van der Waals surface area contributed by atoms with Crippen LogP contribution in [0, 0.1) is 0 Å². The SMILES string of the molecule is CC(=O)c1cccc(OCC(=O)NC(C)c2ccncc2)c1. The number of aromatic nitrogens is 1. The zero-order valence-electron chi connectivity index (χ0n) is 12.6. The highest BCUT2D eigenvalue weighted by Crippen LogP contribution is 2.14. The molecule has 5 nitrogen and oxygen atoms in total. The summed E-state index contributed by atoms with van der Waals surface area (Å²) in [6.07, 6.45) is 3.36. The lowest BCUT2D eigenvalue weighted by atomic mass is 10.1. The summed E-state index contributed by atoms with van der Waals surface area (Å²) >= 11 is 0. The van der Waals surface area contributed by atoms with Crippen LogP contribution in [0.15, 0.2) is 48.8 Å². The average molecular weight is 298 g/mol. The van der Waals surface area contributed by atoms with Crippen LogP contribution >= 0.6 is 0 Å². The number of hydrogen-bond acceptors (Lipinski definition) is 4. The third-order valence-corrected chi connectivity index (χ3v) is 3.19. The number of ether oxygens (including phenoxy) is 1. The van der Waals surface area contributed by atoms with Gasteiger partial charge in [0.05, 0.1) is 6.04 Å².